The summed E-state index contributed by atoms with van der Waals surface area (Å²) in [6, 6.07) is 12.1. The van der Waals surface area contributed by atoms with Crippen LogP contribution in [0.2, 0.25) is 0 Å². The van der Waals surface area contributed by atoms with Gasteiger partial charge in [-0.3, -0.25) is 14.4 Å². The molecule has 0 spiro atoms. The first-order chi connectivity index (χ1) is 12.0. The first-order valence-corrected chi connectivity index (χ1v) is 7.19. The fourth-order valence-electron chi connectivity index (χ4n) is 2.29. The van der Waals surface area contributed by atoms with Crippen molar-refractivity contribution in [3.63, 3.8) is 0 Å². The molecule has 0 bridgehead atoms. The van der Waals surface area contributed by atoms with Crippen LogP contribution in [0.3, 0.4) is 0 Å². The van der Waals surface area contributed by atoms with Crippen molar-refractivity contribution in [3.05, 3.63) is 65.2 Å². The Morgan fingerprint density at radius 2 is 1.48 bits per heavy atom. The number of primary amides is 1. The van der Waals surface area contributed by atoms with Crippen molar-refractivity contribution in [2.45, 2.75) is 0 Å². The molecular weight excluding hydrogens is 328 g/mol. The van der Waals surface area contributed by atoms with Crippen LogP contribution in [-0.2, 0) is 9.63 Å². The van der Waals surface area contributed by atoms with E-state index in [9.17, 15) is 19.2 Å². The second kappa shape index (κ2) is 6.44. The van der Waals surface area contributed by atoms with Crippen molar-refractivity contribution in [2.75, 3.05) is 6.61 Å². The summed E-state index contributed by atoms with van der Waals surface area (Å²) >= 11 is 0. The zero-order valence-electron chi connectivity index (χ0n) is 12.8. The Morgan fingerprint density at radius 1 is 0.920 bits per heavy atom. The molecule has 8 nitrogen and oxygen atoms in total. The Balaban J connectivity index is 1.81. The molecule has 126 valence electrons. The summed E-state index contributed by atoms with van der Waals surface area (Å²) in [5, 5.41) is 0.401. The number of imide groups is 1. The summed E-state index contributed by atoms with van der Waals surface area (Å²) in [5.74, 6) is -3.12. The molecule has 2 aromatic rings. The molecule has 25 heavy (non-hydrogen) atoms. The van der Waals surface area contributed by atoms with Crippen molar-refractivity contribution in [2.24, 2.45) is 5.73 Å². The van der Waals surface area contributed by atoms with Gasteiger partial charge in [0.1, 0.15) is 11.3 Å². The highest BCUT2D eigenvalue weighted by Crippen LogP contribution is 2.25. The molecule has 0 aromatic heterocycles. The number of hydroxylamine groups is 2. The highest BCUT2D eigenvalue weighted by atomic mass is 16.7. The third-order valence-electron chi connectivity index (χ3n) is 3.41. The van der Waals surface area contributed by atoms with Crippen LogP contribution in [0.25, 0.3) is 0 Å². The van der Waals surface area contributed by atoms with Crippen molar-refractivity contribution < 1.29 is 28.8 Å². The predicted molar refractivity (Wildman–Crippen MR) is 83.5 cm³/mol. The van der Waals surface area contributed by atoms with E-state index in [0.717, 1.165) is 0 Å². The lowest BCUT2D eigenvalue weighted by molar-refractivity contribution is -0.119. The lowest BCUT2D eigenvalue weighted by atomic mass is 10.1. The number of ether oxygens (including phenoxy) is 1. The lowest BCUT2D eigenvalue weighted by Crippen LogP contribution is -2.33. The average molecular weight is 340 g/mol. The van der Waals surface area contributed by atoms with Crippen LogP contribution in [0.5, 0.6) is 5.75 Å². The van der Waals surface area contributed by atoms with E-state index in [1.807, 2.05) is 0 Å². The Bertz CT molecular complexity index is 857. The Hall–Kier alpha value is -3.68. The molecule has 3 rings (SSSR count). The minimum Gasteiger partial charge on any atom is -0.483 e. The van der Waals surface area contributed by atoms with Crippen molar-refractivity contribution in [1.82, 2.24) is 5.06 Å². The average Bonchev–Trinajstić information content (AvgIpc) is 2.85. The maximum Gasteiger partial charge on any atom is 0.367 e. The molecule has 0 saturated carbocycles. The number of nitrogens with two attached hydrogens (primary N) is 1. The zero-order chi connectivity index (χ0) is 18.0. The van der Waals surface area contributed by atoms with E-state index in [2.05, 4.69) is 0 Å². The molecule has 0 atom stereocenters. The number of hydrogen-bond donors (Lipinski definition) is 1. The van der Waals surface area contributed by atoms with Gasteiger partial charge in [-0.1, -0.05) is 29.3 Å². The minimum atomic E-state index is -0.977. The maximum absolute atomic E-state index is 12.3. The van der Waals surface area contributed by atoms with Crippen LogP contribution in [0, 0.1) is 0 Å². The molecule has 1 aliphatic rings. The third kappa shape index (κ3) is 3.05. The Kier molecular flexibility index (Phi) is 4.17. The SMILES string of the molecule is NC(=O)COc1ccccc1C(=O)ON1C(=O)c2ccccc2C1=O. The molecule has 0 saturated heterocycles. The van der Waals surface area contributed by atoms with Crippen LogP contribution < -0.4 is 10.5 Å². The van der Waals surface area contributed by atoms with Crippen LogP contribution >= 0.6 is 0 Å². The van der Waals surface area contributed by atoms with E-state index in [1.54, 1.807) is 18.2 Å². The standard InChI is InChI=1S/C17H12N2O6/c18-14(20)9-24-13-8-4-3-7-12(13)17(23)25-19-15(21)10-5-1-2-6-11(10)16(19)22/h1-8H,9H2,(H2,18,20). The number of carbonyl (C=O) groups is 4. The number of hydrogen-bond acceptors (Lipinski definition) is 6. The highest BCUT2D eigenvalue weighted by molar-refractivity contribution is 6.21. The third-order valence-corrected chi connectivity index (χ3v) is 3.41. The zero-order valence-corrected chi connectivity index (χ0v) is 12.8. The van der Waals surface area contributed by atoms with Crippen molar-refractivity contribution in [1.29, 1.82) is 0 Å². The van der Waals surface area contributed by atoms with Gasteiger partial charge in [-0.05, 0) is 24.3 Å². The molecule has 3 amide bonds. The van der Waals surface area contributed by atoms with E-state index in [4.69, 9.17) is 15.3 Å². The smallest absolute Gasteiger partial charge is 0.367 e. The van der Waals surface area contributed by atoms with Crippen molar-refractivity contribution >= 4 is 23.7 Å². The number of amides is 3. The van der Waals surface area contributed by atoms with Gasteiger partial charge < -0.3 is 15.3 Å². The highest BCUT2D eigenvalue weighted by Gasteiger charge is 2.39. The van der Waals surface area contributed by atoms with E-state index in [0.29, 0.717) is 5.06 Å². The van der Waals surface area contributed by atoms with Crippen LogP contribution in [-0.4, -0.2) is 35.4 Å². The van der Waals surface area contributed by atoms with Gasteiger partial charge in [-0.25, -0.2) is 4.79 Å². The molecule has 1 aliphatic heterocycles. The number of benzene rings is 2. The summed E-state index contributed by atoms with van der Waals surface area (Å²) < 4.78 is 5.14. The van der Waals surface area contributed by atoms with Gasteiger partial charge in [0.2, 0.25) is 0 Å². The van der Waals surface area contributed by atoms with Gasteiger partial charge in [0.25, 0.3) is 17.7 Å². The molecule has 8 heteroatoms. The number of rotatable bonds is 5. The summed E-state index contributed by atoms with van der Waals surface area (Å²) in [6.45, 7) is -0.433. The monoisotopic (exact) mass is 340 g/mol. The van der Waals surface area contributed by atoms with Gasteiger partial charge in [0.15, 0.2) is 6.61 Å². The van der Waals surface area contributed by atoms with E-state index in [1.165, 1.54) is 30.3 Å². The molecule has 2 N–H and O–H groups in total. The number of carbonyl (C=O) groups excluding carboxylic acids is 4. The summed E-state index contributed by atoms with van der Waals surface area (Å²) in [4.78, 5) is 52.5. The predicted octanol–water partition coefficient (Wildman–Crippen LogP) is 0.919. The first-order valence-electron chi connectivity index (χ1n) is 7.19. The molecule has 0 aliphatic carbocycles. The second-order valence-corrected chi connectivity index (χ2v) is 5.08. The van der Waals surface area contributed by atoms with E-state index >= 15 is 0 Å². The van der Waals surface area contributed by atoms with Gasteiger partial charge >= 0.3 is 5.97 Å². The molecule has 2 aromatic carbocycles. The van der Waals surface area contributed by atoms with Crippen LogP contribution in [0.4, 0.5) is 0 Å². The van der Waals surface area contributed by atoms with E-state index in [-0.39, 0.29) is 22.4 Å². The number of fused-ring (bicyclic) bond motifs is 1. The first kappa shape index (κ1) is 16.2. The quantitative estimate of drug-likeness (QED) is 0.809. The fraction of sp³-hybridized carbons (Fsp3) is 0.0588. The molecule has 0 radical (unpaired) electrons. The number of para-hydroxylation sites is 1. The largest absolute Gasteiger partial charge is 0.483 e. The van der Waals surface area contributed by atoms with Gasteiger partial charge in [0, 0.05) is 0 Å². The Labute approximate surface area is 141 Å². The minimum absolute atomic E-state index is 0.0444. The topological polar surface area (TPSA) is 116 Å². The van der Waals surface area contributed by atoms with Crippen LogP contribution in [0.15, 0.2) is 48.5 Å². The van der Waals surface area contributed by atoms with E-state index < -0.39 is 30.3 Å². The second-order valence-electron chi connectivity index (χ2n) is 5.08. The molecule has 1 heterocycles. The molecule has 0 fully saturated rings. The maximum atomic E-state index is 12.3. The van der Waals surface area contributed by atoms with Crippen LogP contribution in [0.1, 0.15) is 31.1 Å². The molecular formula is C17H12N2O6. The van der Waals surface area contributed by atoms with Crippen molar-refractivity contribution in [3.8, 4) is 5.75 Å². The van der Waals surface area contributed by atoms with Gasteiger partial charge in [-0.2, -0.15) is 0 Å². The Morgan fingerprint density at radius 3 is 2.08 bits per heavy atom. The lowest BCUT2D eigenvalue weighted by Gasteiger charge is -2.14. The van der Waals surface area contributed by atoms with Gasteiger partial charge in [-0.15, -0.1) is 0 Å². The summed E-state index contributed by atoms with van der Waals surface area (Å²) in [5.41, 5.74) is 5.25. The normalized spacial score (nSPS) is 12.7. The summed E-state index contributed by atoms with van der Waals surface area (Å²) in [7, 11) is 0. The molecule has 0 unspecified atom stereocenters. The fourth-order valence-corrected chi connectivity index (χ4v) is 2.29. The summed E-state index contributed by atoms with van der Waals surface area (Å²) in [6.07, 6.45) is 0. The van der Waals surface area contributed by atoms with Gasteiger partial charge in [0.05, 0.1) is 11.1 Å². The number of nitrogens with zero attached hydrogens (tertiary/aromatic N) is 1.